The standard InChI is InChI=1S/C16H14O2/c1-17-14-8-6-12(7-9-14)10-16-15-5-3-2-4-13(15)11-18-16/h2-10H,11H2,1H3/b16-10+. The summed E-state index contributed by atoms with van der Waals surface area (Å²) in [5.41, 5.74) is 3.55. The number of fused-ring (bicyclic) bond motifs is 1. The van der Waals surface area contributed by atoms with Gasteiger partial charge in [0.05, 0.1) is 7.11 Å². The third-order valence-corrected chi connectivity index (χ3v) is 3.08. The number of methoxy groups -OCH3 is 1. The summed E-state index contributed by atoms with van der Waals surface area (Å²) in [4.78, 5) is 0. The van der Waals surface area contributed by atoms with Crippen LogP contribution < -0.4 is 4.74 Å². The smallest absolute Gasteiger partial charge is 0.128 e. The zero-order valence-electron chi connectivity index (χ0n) is 10.2. The first kappa shape index (κ1) is 10.9. The molecule has 2 aromatic carbocycles. The molecule has 0 amide bonds. The van der Waals surface area contributed by atoms with E-state index in [9.17, 15) is 0 Å². The molecule has 0 fully saturated rings. The van der Waals surface area contributed by atoms with Gasteiger partial charge in [-0.2, -0.15) is 0 Å². The second-order valence-corrected chi connectivity index (χ2v) is 4.23. The van der Waals surface area contributed by atoms with Crippen LogP contribution in [0.3, 0.4) is 0 Å². The van der Waals surface area contributed by atoms with Gasteiger partial charge in [0, 0.05) is 11.1 Å². The molecule has 0 spiro atoms. The summed E-state index contributed by atoms with van der Waals surface area (Å²) in [5, 5.41) is 0. The van der Waals surface area contributed by atoms with Gasteiger partial charge < -0.3 is 9.47 Å². The number of hydrogen-bond acceptors (Lipinski definition) is 2. The maximum absolute atomic E-state index is 5.71. The zero-order valence-corrected chi connectivity index (χ0v) is 10.2. The van der Waals surface area contributed by atoms with E-state index in [4.69, 9.17) is 9.47 Å². The molecule has 0 unspecified atom stereocenters. The summed E-state index contributed by atoms with van der Waals surface area (Å²) >= 11 is 0. The molecule has 0 atom stereocenters. The molecule has 0 aliphatic carbocycles. The van der Waals surface area contributed by atoms with Crippen LogP contribution in [0.4, 0.5) is 0 Å². The summed E-state index contributed by atoms with van der Waals surface area (Å²) in [5.74, 6) is 1.81. The van der Waals surface area contributed by atoms with Gasteiger partial charge >= 0.3 is 0 Å². The van der Waals surface area contributed by atoms with Crippen molar-refractivity contribution in [2.24, 2.45) is 0 Å². The van der Waals surface area contributed by atoms with Crippen LogP contribution >= 0.6 is 0 Å². The van der Waals surface area contributed by atoms with E-state index in [-0.39, 0.29) is 0 Å². The van der Waals surface area contributed by atoms with Crippen molar-refractivity contribution in [2.45, 2.75) is 6.61 Å². The maximum atomic E-state index is 5.71. The molecule has 90 valence electrons. The van der Waals surface area contributed by atoms with Crippen molar-refractivity contribution < 1.29 is 9.47 Å². The van der Waals surface area contributed by atoms with Crippen LogP contribution in [-0.2, 0) is 11.3 Å². The lowest BCUT2D eigenvalue weighted by atomic mass is 10.1. The first-order valence-corrected chi connectivity index (χ1v) is 5.93. The van der Waals surface area contributed by atoms with Gasteiger partial charge in [-0.3, -0.25) is 0 Å². The molecule has 1 heterocycles. The average Bonchev–Trinajstić information content (AvgIpc) is 2.83. The Balaban J connectivity index is 1.93. The largest absolute Gasteiger partial charge is 0.497 e. The Bertz CT molecular complexity index is 582. The van der Waals surface area contributed by atoms with Crippen molar-refractivity contribution in [1.82, 2.24) is 0 Å². The SMILES string of the molecule is COc1ccc(/C=C2/OCc3ccccc32)cc1. The summed E-state index contributed by atoms with van der Waals surface area (Å²) in [6.45, 7) is 0.665. The Kier molecular flexibility index (Phi) is 2.77. The summed E-state index contributed by atoms with van der Waals surface area (Å²) < 4.78 is 10.9. The number of benzene rings is 2. The number of ether oxygens (including phenoxy) is 2. The monoisotopic (exact) mass is 238 g/mol. The molecule has 0 radical (unpaired) electrons. The fraction of sp³-hybridized carbons (Fsp3) is 0.125. The first-order chi connectivity index (χ1) is 8.86. The lowest BCUT2D eigenvalue weighted by molar-refractivity contribution is 0.287. The van der Waals surface area contributed by atoms with Crippen LogP contribution in [-0.4, -0.2) is 7.11 Å². The molecule has 1 aliphatic rings. The van der Waals surface area contributed by atoms with E-state index in [1.807, 2.05) is 36.4 Å². The van der Waals surface area contributed by atoms with Crippen LogP contribution in [0.5, 0.6) is 5.75 Å². The van der Waals surface area contributed by atoms with Gasteiger partial charge in [0.2, 0.25) is 0 Å². The second-order valence-electron chi connectivity index (χ2n) is 4.23. The van der Waals surface area contributed by atoms with Gasteiger partial charge in [-0.1, -0.05) is 36.4 Å². The molecule has 18 heavy (non-hydrogen) atoms. The Morgan fingerprint density at radius 2 is 1.83 bits per heavy atom. The van der Waals surface area contributed by atoms with Gasteiger partial charge in [-0.25, -0.2) is 0 Å². The molecule has 2 heteroatoms. The molecular formula is C16H14O2. The van der Waals surface area contributed by atoms with E-state index in [1.165, 1.54) is 11.1 Å². The molecule has 1 aliphatic heterocycles. The van der Waals surface area contributed by atoms with Crippen LogP contribution in [0, 0.1) is 0 Å². The highest BCUT2D eigenvalue weighted by Crippen LogP contribution is 2.31. The normalized spacial score (nSPS) is 15.3. The maximum Gasteiger partial charge on any atom is 0.128 e. The molecule has 0 N–H and O–H groups in total. The van der Waals surface area contributed by atoms with Crippen LogP contribution in [0.2, 0.25) is 0 Å². The third kappa shape index (κ3) is 1.97. The highest BCUT2D eigenvalue weighted by atomic mass is 16.5. The number of hydrogen-bond donors (Lipinski definition) is 0. The predicted octanol–water partition coefficient (Wildman–Crippen LogP) is 3.72. The fourth-order valence-electron chi connectivity index (χ4n) is 2.09. The fourth-order valence-corrected chi connectivity index (χ4v) is 2.09. The van der Waals surface area contributed by atoms with E-state index in [1.54, 1.807) is 7.11 Å². The Labute approximate surface area is 106 Å². The van der Waals surface area contributed by atoms with E-state index < -0.39 is 0 Å². The molecular weight excluding hydrogens is 224 g/mol. The molecule has 2 aromatic rings. The van der Waals surface area contributed by atoms with Crippen LogP contribution in [0.25, 0.3) is 11.8 Å². The van der Waals surface area contributed by atoms with E-state index in [0.29, 0.717) is 6.61 Å². The predicted molar refractivity (Wildman–Crippen MR) is 72.1 cm³/mol. The minimum atomic E-state index is 0.665. The molecule has 0 aromatic heterocycles. The minimum absolute atomic E-state index is 0.665. The Morgan fingerprint density at radius 3 is 2.61 bits per heavy atom. The lowest BCUT2D eigenvalue weighted by Crippen LogP contribution is -1.83. The summed E-state index contributed by atoms with van der Waals surface area (Å²) in [6.07, 6.45) is 2.06. The third-order valence-electron chi connectivity index (χ3n) is 3.08. The summed E-state index contributed by atoms with van der Waals surface area (Å²) in [6, 6.07) is 16.2. The topological polar surface area (TPSA) is 18.5 Å². The van der Waals surface area contributed by atoms with Crippen molar-refractivity contribution >= 4 is 11.8 Å². The first-order valence-electron chi connectivity index (χ1n) is 5.93. The Hall–Kier alpha value is -2.22. The Morgan fingerprint density at radius 1 is 1.06 bits per heavy atom. The van der Waals surface area contributed by atoms with Crippen molar-refractivity contribution in [3.05, 3.63) is 65.2 Å². The van der Waals surface area contributed by atoms with E-state index in [2.05, 4.69) is 18.2 Å². The van der Waals surface area contributed by atoms with E-state index >= 15 is 0 Å². The molecule has 0 saturated heterocycles. The molecule has 0 saturated carbocycles. The van der Waals surface area contributed by atoms with Crippen molar-refractivity contribution in [3.63, 3.8) is 0 Å². The summed E-state index contributed by atoms with van der Waals surface area (Å²) in [7, 11) is 1.67. The zero-order chi connectivity index (χ0) is 12.4. The molecule has 3 rings (SSSR count). The van der Waals surface area contributed by atoms with Gasteiger partial charge in [0.25, 0.3) is 0 Å². The number of rotatable bonds is 2. The van der Waals surface area contributed by atoms with Crippen LogP contribution in [0.1, 0.15) is 16.7 Å². The lowest BCUT2D eigenvalue weighted by Gasteiger charge is -2.02. The van der Waals surface area contributed by atoms with Gasteiger partial charge in [-0.15, -0.1) is 0 Å². The minimum Gasteiger partial charge on any atom is -0.497 e. The van der Waals surface area contributed by atoms with Crippen LogP contribution in [0.15, 0.2) is 48.5 Å². The average molecular weight is 238 g/mol. The molecule has 0 bridgehead atoms. The van der Waals surface area contributed by atoms with Crippen molar-refractivity contribution in [1.29, 1.82) is 0 Å². The van der Waals surface area contributed by atoms with Crippen molar-refractivity contribution in [3.8, 4) is 5.75 Å². The van der Waals surface area contributed by atoms with Gasteiger partial charge in [0.15, 0.2) is 0 Å². The quantitative estimate of drug-likeness (QED) is 0.793. The highest BCUT2D eigenvalue weighted by molar-refractivity contribution is 5.80. The highest BCUT2D eigenvalue weighted by Gasteiger charge is 2.16. The van der Waals surface area contributed by atoms with Gasteiger partial charge in [-0.05, 0) is 23.8 Å². The molecule has 2 nitrogen and oxygen atoms in total. The second kappa shape index (κ2) is 4.57. The van der Waals surface area contributed by atoms with Gasteiger partial charge in [0.1, 0.15) is 18.1 Å². The van der Waals surface area contributed by atoms with Crippen molar-refractivity contribution in [2.75, 3.05) is 7.11 Å². The van der Waals surface area contributed by atoms with E-state index in [0.717, 1.165) is 17.1 Å².